The molecule has 1 saturated heterocycles. The van der Waals surface area contributed by atoms with Crippen LogP contribution >= 0.6 is 0 Å². The lowest BCUT2D eigenvalue weighted by Gasteiger charge is -2.14. The van der Waals surface area contributed by atoms with Gasteiger partial charge in [0.2, 0.25) is 11.8 Å². The lowest BCUT2D eigenvalue weighted by molar-refractivity contribution is 0.0753. The first-order valence-electron chi connectivity index (χ1n) is 9.96. The van der Waals surface area contributed by atoms with Crippen LogP contribution in [0.1, 0.15) is 28.6 Å². The Morgan fingerprint density at radius 1 is 1.10 bits per heavy atom. The third kappa shape index (κ3) is 3.89. The second kappa shape index (κ2) is 7.98. The Balaban J connectivity index is 1.18. The maximum Gasteiger partial charge on any atom is 0.289 e. The number of benzene rings is 1. The van der Waals surface area contributed by atoms with Crippen molar-refractivity contribution in [1.82, 2.24) is 24.6 Å². The van der Waals surface area contributed by atoms with Crippen LogP contribution in [-0.4, -0.2) is 43.6 Å². The summed E-state index contributed by atoms with van der Waals surface area (Å²) in [5, 5.41) is 8.32. The van der Waals surface area contributed by atoms with Crippen LogP contribution < -0.4 is 0 Å². The number of carbonyl (C=O) groups is 1. The normalized spacial score (nSPS) is 16.3. The Labute approximate surface area is 173 Å². The summed E-state index contributed by atoms with van der Waals surface area (Å²) in [6, 6.07) is 13.3. The largest absolute Gasteiger partial charge is 0.454 e. The number of imidazole rings is 1. The fraction of sp³-hybridized carbons (Fsp3) is 0.273. The minimum atomic E-state index is -0.0788. The van der Waals surface area contributed by atoms with Crippen molar-refractivity contribution in [1.29, 1.82) is 0 Å². The highest BCUT2D eigenvalue weighted by Gasteiger charge is 2.30. The molecule has 1 fully saturated rings. The number of aromatic nitrogens is 4. The van der Waals surface area contributed by atoms with Crippen molar-refractivity contribution in [3.8, 4) is 11.5 Å². The third-order valence-corrected chi connectivity index (χ3v) is 5.29. The lowest BCUT2D eigenvalue weighted by Crippen LogP contribution is -2.28. The molecular weight excluding hydrogens is 382 g/mol. The average Bonchev–Trinajstić information content (AvgIpc) is 3.57. The summed E-state index contributed by atoms with van der Waals surface area (Å²) >= 11 is 0. The van der Waals surface area contributed by atoms with E-state index in [0.717, 1.165) is 17.7 Å². The molecule has 1 aliphatic rings. The van der Waals surface area contributed by atoms with Crippen LogP contribution in [0.4, 0.5) is 0 Å². The Kier molecular flexibility index (Phi) is 4.88. The first-order chi connectivity index (χ1) is 14.7. The average molecular weight is 403 g/mol. The van der Waals surface area contributed by atoms with Gasteiger partial charge in [0.1, 0.15) is 5.76 Å². The standard InChI is InChI=1S/C22H21N5O3/c28-22(19-7-6-18(29-19)14-26-11-9-23-15-26)27-10-8-16(13-27)12-20-24-25-21(30-20)17-4-2-1-3-5-17/h1-7,9,11,15-16H,8,10,12-14H2. The molecule has 1 aliphatic heterocycles. The van der Waals surface area contributed by atoms with Gasteiger partial charge in [0.15, 0.2) is 5.76 Å². The van der Waals surface area contributed by atoms with E-state index in [1.807, 2.05) is 52.1 Å². The maximum atomic E-state index is 12.8. The van der Waals surface area contributed by atoms with Gasteiger partial charge < -0.3 is 18.3 Å². The molecule has 0 aliphatic carbocycles. The molecule has 0 spiro atoms. The van der Waals surface area contributed by atoms with Gasteiger partial charge in [-0.1, -0.05) is 18.2 Å². The molecule has 152 valence electrons. The van der Waals surface area contributed by atoms with E-state index in [9.17, 15) is 4.79 Å². The zero-order chi connectivity index (χ0) is 20.3. The highest BCUT2D eigenvalue weighted by atomic mass is 16.4. The van der Waals surface area contributed by atoms with Gasteiger partial charge in [-0.2, -0.15) is 0 Å². The van der Waals surface area contributed by atoms with Crippen LogP contribution in [0, 0.1) is 5.92 Å². The summed E-state index contributed by atoms with van der Waals surface area (Å²) in [7, 11) is 0. The predicted octanol–water partition coefficient (Wildman–Crippen LogP) is 3.28. The van der Waals surface area contributed by atoms with Crippen LogP contribution in [0.25, 0.3) is 11.5 Å². The molecule has 3 aromatic heterocycles. The van der Waals surface area contributed by atoms with E-state index in [0.29, 0.717) is 49.5 Å². The zero-order valence-electron chi connectivity index (χ0n) is 16.3. The molecule has 1 aromatic carbocycles. The minimum absolute atomic E-state index is 0.0788. The van der Waals surface area contributed by atoms with E-state index in [-0.39, 0.29) is 5.91 Å². The molecular formula is C22H21N5O3. The molecule has 4 aromatic rings. The Hall–Kier alpha value is -3.68. The lowest BCUT2D eigenvalue weighted by atomic mass is 10.1. The Bertz CT molecular complexity index is 1120. The van der Waals surface area contributed by atoms with Crippen LogP contribution in [0.2, 0.25) is 0 Å². The quantitative estimate of drug-likeness (QED) is 0.491. The molecule has 0 radical (unpaired) electrons. The molecule has 30 heavy (non-hydrogen) atoms. The summed E-state index contributed by atoms with van der Waals surface area (Å²) in [6.07, 6.45) is 6.85. The number of furan rings is 1. The smallest absolute Gasteiger partial charge is 0.289 e. The molecule has 8 heteroatoms. The summed E-state index contributed by atoms with van der Waals surface area (Å²) in [5.41, 5.74) is 0.906. The Morgan fingerprint density at radius 2 is 2.00 bits per heavy atom. The second-order valence-electron chi connectivity index (χ2n) is 7.48. The highest BCUT2D eigenvalue weighted by Crippen LogP contribution is 2.24. The molecule has 1 amide bonds. The fourth-order valence-corrected chi connectivity index (χ4v) is 3.76. The zero-order valence-corrected chi connectivity index (χ0v) is 16.3. The maximum absolute atomic E-state index is 12.8. The van der Waals surface area contributed by atoms with E-state index in [1.165, 1.54) is 0 Å². The third-order valence-electron chi connectivity index (χ3n) is 5.29. The number of carbonyl (C=O) groups excluding carboxylic acids is 1. The fourth-order valence-electron chi connectivity index (χ4n) is 3.76. The SMILES string of the molecule is O=C(c1ccc(Cn2ccnc2)o1)N1CCC(Cc2nnc(-c3ccccc3)o2)C1. The minimum Gasteiger partial charge on any atom is -0.454 e. The summed E-state index contributed by atoms with van der Waals surface area (Å²) in [5.74, 6) is 2.44. The van der Waals surface area contributed by atoms with E-state index in [2.05, 4.69) is 15.2 Å². The predicted molar refractivity (Wildman–Crippen MR) is 107 cm³/mol. The summed E-state index contributed by atoms with van der Waals surface area (Å²) < 4.78 is 13.5. The molecule has 4 heterocycles. The molecule has 1 atom stereocenters. The molecule has 0 N–H and O–H groups in total. The van der Waals surface area contributed by atoms with Gasteiger partial charge >= 0.3 is 0 Å². The number of nitrogens with zero attached hydrogens (tertiary/aromatic N) is 5. The highest BCUT2D eigenvalue weighted by molar-refractivity contribution is 5.91. The number of hydrogen-bond acceptors (Lipinski definition) is 6. The van der Waals surface area contributed by atoms with Gasteiger partial charge in [0, 0.05) is 37.5 Å². The number of hydrogen-bond donors (Lipinski definition) is 0. The van der Waals surface area contributed by atoms with Crippen molar-refractivity contribution in [3.05, 3.63) is 78.6 Å². The van der Waals surface area contributed by atoms with E-state index < -0.39 is 0 Å². The van der Waals surface area contributed by atoms with Crippen molar-refractivity contribution in [2.75, 3.05) is 13.1 Å². The summed E-state index contributed by atoms with van der Waals surface area (Å²) in [6.45, 7) is 1.90. The van der Waals surface area contributed by atoms with Crippen LogP contribution in [0.3, 0.4) is 0 Å². The molecule has 0 saturated carbocycles. The van der Waals surface area contributed by atoms with Gasteiger partial charge in [-0.25, -0.2) is 4.98 Å². The number of rotatable bonds is 6. The van der Waals surface area contributed by atoms with Crippen LogP contribution in [0.15, 0.2) is 70.0 Å². The van der Waals surface area contributed by atoms with E-state index >= 15 is 0 Å². The van der Waals surface area contributed by atoms with Crippen molar-refractivity contribution in [2.45, 2.75) is 19.4 Å². The van der Waals surface area contributed by atoms with Crippen molar-refractivity contribution >= 4 is 5.91 Å². The molecule has 5 rings (SSSR count). The van der Waals surface area contributed by atoms with Crippen molar-refractivity contribution in [2.24, 2.45) is 5.92 Å². The van der Waals surface area contributed by atoms with Crippen LogP contribution in [-0.2, 0) is 13.0 Å². The Morgan fingerprint density at radius 3 is 2.83 bits per heavy atom. The molecule has 8 nitrogen and oxygen atoms in total. The van der Waals surface area contributed by atoms with E-state index in [4.69, 9.17) is 8.83 Å². The topological polar surface area (TPSA) is 90.2 Å². The second-order valence-corrected chi connectivity index (χ2v) is 7.48. The van der Waals surface area contributed by atoms with Gasteiger partial charge in [-0.15, -0.1) is 10.2 Å². The van der Waals surface area contributed by atoms with Gasteiger partial charge in [-0.3, -0.25) is 4.79 Å². The van der Waals surface area contributed by atoms with Gasteiger partial charge in [0.25, 0.3) is 5.91 Å². The van der Waals surface area contributed by atoms with E-state index in [1.54, 1.807) is 18.6 Å². The number of amides is 1. The molecule has 1 unspecified atom stereocenters. The molecule has 0 bridgehead atoms. The first-order valence-corrected chi connectivity index (χ1v) is 9.96. The van der Waals surface area contributed by atoms with Gasteiger partial charge in [0.05, 0.1) is 12.9 Å². The van der Waals surface area contributed by atoms with Crippen LogP contribution in [0.5, 0.6) is 0 Å². The van der Waals surface area contributed by atoms with Crippen molar-refractivity contribution < 1.29 is 13.6 Å². The monoisotopic (exact) mass is 403 g/mol. The number of likely N-dealkylation sites (tertiary alicyclic amines) is 1. The van der Waals surface area contributed by atoms with Crippen molar-refractivity contribution in [3.63, 3.8) is 0 Å². The summed E-state index contributed by atoms with van der Waals surface area (Å²) in [4.78, 5) is 18.7. The first kappa shape index (κ1) is 18.4. The van der Waals surface area contributed by atoms with Gasteiger partial charge in [-0.05, 0) is 36.6 Å².